The lowest BCUT2D eigenvalue weighted by Gasteiger charge is -2.13. The van der Waals surface area contributed by atoms with Crippen LogP contribution in [0.4, 0.5) is 5.69 Å². The first-order chi connectivity index (χ1) is 13.9. The van der Waals surface area contributed by atoms with Gasteiger partial charge in [0.15, 0.2) is 18.1 Å². The molecule has 0 spiro atoms. The summed E-state index contributed by atoms with van der Waals surface area (Å²) in [5, 5.41) is 21.5. The van der Waals surface area contributed by atoms with Crippen molar-refractivity contribution in [2.75, 3.05) is 18.5 Å². The third-order valence-electron chi connectivity index (χ3n) is 3.72. The van der Waals surface area contributed by atoms with Crippen LogP contribution in [0.1, 0.15) is 18.1 Å². The molecule has 2 rings (SSSR count). The fourth-order valence-corrected chi connectivity index (χ4v) is 2.82. The molecule has 0 aliphatic rings. The van der Waals surface area contributed by atoms with Gasteiger partial charge in [-0.1, -0.05) is 29.3 Å². The number of nitrogens with zero attached hydrogens (tertiary/aromatic N) is 2. The van der Waals surface area contributed by atoms with E-state index in [2.05, 4.69) is 5.32 Å². The summed E-state index contributed by atoms with van der Waals surface area (Å²) >= 11 is 12.3. The van der Waals surface area contributed by atoms with Crippen LogP contribution >= 0.6 is 23.2 Å². The van der Waals surface area contributed by atoms with Crippen molar-refractivity contribution >= 4 is 40.9 Å². The summed E-state index contributed by atoms with van der Waals surface area (Å²) in [5.74, 6) is -0.0553. The first-order valence-electron chi connectivity index (χ1n) is 8.55. The van der Waals surface area contributed by atoms with E-state index in [1.165, 1.54) is 12.1 Å². The summed E-state index contributed by atoms with van der Waals surface area (Å²) in [6.45, 7) is 3.77. The van der Waals surface area contributed by atoms with E-state index in [-0.39, 0.29) is 23.0 Å². The van der Waals surface area contributed by atoms with Crippen LogP contribution in [0.3, 0.4) is 0 Å². The fourth-order valence-electron chi connectivity index (χ4n) is 2.36. The summed E-state index contributed by atoms with van der Waals surface area (Å²) in [7, 11) is 0. The second kappa shape index (κ2) is 10.4. The van der Waals surface area contributed by atoms with Crippen LogP contribution in [-0.2, 0) is 4.79 Å². The lowest BCUT2D eigenvalue weighted by molar-refractivity contribution is -0.112. The molecule has 1 N–H and O–H groups in total. The third kappa shape index (κ3) is 5.89. The average Bonchev–Trinajstić information content (AvgIpc) is 2.68. The summed E-state index contributed by atoms with van der Waals surface area (Å²) < 4.78 is 10.8. The van der Waals surface area contributed by atoms with Gasteiger partial charge >= 0.3 is 0 Å². The van der Waals surface area contributed by atoms with E-state index in [9.17, 15) is 10.1 Å². The molecule has 0 unspecified atom stereocenters. The molecule has 148 valence electrons. The van der Waals surface area contributed by atoms with Gasteiger partial charge in [-0.2, -0.15) is 10.5 Å². The monoisotopic (exact) mass is 429 g/mol. The first-order valence-corrected chi connectivity index (χ1v) is 9.30. The molecule has 0 saturated carbocycles. The Morgan fingerprint density at radius 1 is 1.17 bits per heavy atom. The number of nitrogens with one attached hydrogen (secondary N) is 1. The number of benzene rings is 2. The molecule has 0 fully saturated rings. The van der Waals surface area contributed by atoms with Crippen molar-refractivity contribution in [2.45, 2.75) is 13.8 Å². The molecule has 6 nitrogen and oxygen atoms in total. The molecule has 0 aliphatic heterocycles. The van der Waals surface area contributed by atoms with Gasteiger partial charge in [-0.3, -0.25) is 4.79 Å². The minimum Gasteiger partial charge on any atom is -0.490 e. The quantitative estimate of drug-likeness (QED) is 0.484. The molecule has 0 saturated heterocycles. The molecular formula is C21H17Cl2N3O3. The number of ether oxygens (including phenoxy) is 2. The third-order valence-corrected chi connectivity index (χ3v) is 4.41. The van der Waals surface area contributed by atoms with Crippen molar-refractivity contribution in [1.82, 2.24) is 0 Å². The Balaban J connectivity index is 2.33. The van der Waals surface area contributed by atoms with Crippen LogP contribution in [0.5, 0.6) is 11.5 Å². The van der Waals surface area contributed by atoms with Gasteiger partial charge in [-0.05, 0) is 55.3 Å². The minimum atomic E-state index is -0.591. The topological polar surface area (TPSA) is 95.1 Å². The van der Waals surface area contributed by atoms with Crippen molar-refractivity contribution in [3.63, 3.8) is 0 Å². The Hall–Kier alpha value is -3.19. The Labute approximate surface area is 178 Å². The van der Waals surface area contributed by atoms with Crippen LogP contribution in [0, 0.1) is 29.6 Å². The van der Waals surface area contributed by atoms with Crippen LogP contribution in [-0.4, -0.2) is 19.1 Å². The first kappa shape index (κ1) is 22.1. The highest BCUT2D eigenvalue weighted by molar-refractivity contribution is 6.32. The van der Waals surface area contributed by atoms with Crippen molar-refractivity contribution in [1.29, 1.82) is 10.5 Å². The average molecular weight is 430 g/mol. The fraction of sp³-hybridized carbons (Fsp3) is 0.190. The highest BCUT2D eigenvalue weighted by atomic mass is 35.5. The minimum absolute atomic E-state index is 0.133. The van der Waals surface area contributed by atoms with Gasteiger partial charge in [0.2, 0.25) is 0 Å². The van der Waals surface area contributed by atoms with E-state index in [0.717, 1.165) is 5.56 Å². The number of amides is 1. The molecular weight excluding hydrogens is 413 g/mol. The molecule has 0 aliphatic carbocycles. The normalized spacial score (nSPS) is 10.6. The predicted octanol–water partition coefficient (Wildman–Crippen LogP) is 5.15. The maximum absolute atomic E-state index is 12.5. The Bertz CT molecular complexity index is 1040. The number of anilines is 1. The summed E-state index contributed by atoms with van der Waals surface area (Å²) in [6.07, 6.45) is 1.38. The number of nitriles is 2. The van der Waals surface area contributed by atoms with Gasteiger partial charge in [0.05, 0.1) is 11.6 Å². The smallest absolute Gasteiger partial charge is 0.266 e. The Morgan fingerprint density at radius 3 is 2.55 bits per heavy atom. The van der Waals surface area contributed by atoms with Gasteiger partial charge in [0.1, 0.15) is 17.7 Å². The zero-order chi connectivity index (χ0) is 21.4. The van der Waals surface area contributed by atoms with Crippen LogP contribution in [0.15, 0.2) is 35.9 Å². The molecule has 2 aromatic rings. The highest BCUT2D eigenvalue weighted by Crippen LogP contribution is 2.37. The van der Waals surface area contributed by atoms with Gasteiger partial charge in [-0.15, -0.1) is 0 Å². The molecule has 2 aromatic carbocycles. The number of hydrogen-bond acceptors (Lipinski definition) is 5. The maximum atomic E-state index is 12.5. The lowest BCUT2D eigenvalue weighted by atomic mass is 10.1. The van der Waals surface area contributed by atoms with E-state index in [1.54, 1.807) is 31.2 Å². The van der Waals surface area contributed by atoms with Crippen LogP contribution in [0.2, 0.25) is 10.0 Å². The summed E-state index contributed by atoms with van der Waals surface area (Å²) in [5.41, 5.74) is 1.68. The van der Waals surface area contributed by atoms with Gasteiger partial charge < -0.3 is 14.8 Å². The number of halogens is 2. The molecule has 0 heterocycles. The van der Waals surface area contributed by atoms with Crippen molar-refractivity contribution < 1.29 is 14.3 Å². The van der Waals surface area contributed by atoms with Crippen molar-refractivity contribution in [2.24, 2.45) is 0 Å². The molecule has 29 heavy (non-hydrogen) atoms. The molecule has 0 radical (unpaired) electrons. The SMILES string of the molecule is CCOc1cc(/C=C(/C#N)C(=O)Nc2ccc(C)c(Cl)c2)cc(Cl)c1OCC#N. The van der Waals surface area contributed by atoms with Crippen LogP contribution in [0.25, 0.3) is 6.08 Å². The number of carbonyl (C=O) groups is 1. The Morgan fingerprint density at radius 2 is 1.93 bits per heavy atom. The highest BCUT2D eigenvalue weighted by Gasteiger charge is 2.15. The standard InChI is InChI=1S/C21H17Cl2N3O3/c1-3-28-19-10-14(9-18(23)20(19)29-7-6-24)8-15(12-25)21(27)26-16-5-4-13(2)17(22)11-16/h4-5,8-11H,3,7H2,1-2H3,(H,26,27)/b15-8-. The zero-order valence-corrected chi connectivity index (χ0v) is 17.3. The molecule has 8 heteroatoms. The van der Waals surface area contributed by atoms with Crippen LogP contribution < -0.4 is 14.8 Å². The van der Waals surface area contributed by atoms with Gasteiger partial charge in [-0.25, -0.2) is 0 Å². The molecule has 0 bridgehead atoms. The molecule has 0 atom stereocenters. The van der Waals surface area contributed by atoms with Crippen molar-refractivity contribution in [3.8, 4) is 23.6 Å². The van der Waals surface area contributed by atoms with Gasteiger partial charge in [0.25, 0.3) is 5.91 Å². The second-order valence-electron chi connectivity index (χ2n) is 5.80. The molecule has 1 amide bonds. The van der Waals surface area contributed by atoms with E-state index in [4.69, 9.17) is 37.9 Å². The summed E-state index contributed by atoms with van der Waals surface area (Å²) in [6, 6.07) is 11.9. The van der Waals surface area contributed by atoms with Crippen molar-refractivity contribution in [3.05, 3.63) is 57.1 Å². The Kier molecular flexibility index (Phi) is 7.91. The predicted molar refractivity (Wildman–Crippen MR) is 112 cm³/mol. The largest absolute Gasteiger partial charge is 0.490 e. The number of aryl methyl sites for hydroxylation is 1. The number of hydrogen-bond donors (Lipinski definition) is 1. The summed E-state index contributed by atoms with van der Waals surface area (Å²) in [4.78, 5) is 12.5. The maximum Gasteiger partial charge on any atom is 0.266 e. The molecule has 0 aromatic heterocycles. The van der Waals surface area contributed by atoms with E-state index in [0.29, 0.717) is 28.6 Å². The van der Waals surface area contributed by atoms with E-state index >= 15 is 0 Å². The number of carbonyl (C=O) groups excluding carboxylic acids is 1. The zero-order valence-electron chi connectivity index (χ0n) is 15.8. The van der Waals surface area contributed by atoms with E-state index < -0.39 is 5.91 Å². The van der Waals surface area contributed by atoms with Gasteiger partial charge in [0, 0.05) is 10.7 Å². The lowest BCUT2D eigenvalue weighted by Crippen LogP contribution is -2.13. The second-order valence-corrected chi connectivity index (χ2v) is 6.61. The number of rotatable bonds is 7. The van der Waals surface area contributed by atoms with E-state index in [1.807, 2.05) is 19.1 Å².